The monoisotopic (exact) mass is 218 g/mol. The van der Waals surface area contributed by atoms with Crippen molar-refractivity contribution in [1.82, 2.24) is 0 Å². The second-order valence-corrected chi connectivity index (χ2v) is 7.65. The molecule has 2 atom stereocenters. The van der Waals surface area contributed by atoms with Gasteiger partial charge in [-0.2, -0.15) is 0 Å². The molecule has 0 radical (unpaired) electrons. The van der Waals surface area contributed by atoms with Crippen LogP contribution in [0, 0.1) is 0 Å². The third-order valence-corrected chi connectivity index (χ3v) is 5.93. The summed E-state index contributed by atoms with van der Waals surface area (Å²) in [5.41, 5.74) is 0.0317. The van der Waals surface area contributed by atoms with Gasteiger partial charge in [0, 0.05) is 10.5 Å². The number of ether oxygens (including phenoxy) is 1. The highest BCUT2D eigenvalue weighted by molar-refractivity contribution is 8.77. The number of hydrogen-bond donors (Lipinski definition) is 0. The average molecular weight is 218 g/mol. The van der Waals surface area contributed by atoms with Crippen molar-refractivity contribution in [3.63, 3.8) is 0 Å². The fourth-order valence-corrected chi connectivity index (χ4v) is 5.71. The lowest BCUT2D eigenvalue weighted by atomic mass is 9.95. The first-order chi connectivity index (χ1) is 6.06. The van der Waals surface area contributed by atoms with Crippen molar-refractivity contribution in [1.29, 1.82) is 0 Å². The molecule has 1 aliphatic carbocycles. The molecule has 0 spiro atoms. The standard InChI is InChI=1S/C10H18OS2/c1-10(2,3)11-9-7-5-4-6-8(9)13-12-7/h7-9H,4-6H2,1-3H3. The Bertz CT molecular complexity index is 172. The molecule has 0 aromatic heterocycles. The van der Waals surface area contributed by atoms with Gasteiger partial charge in [0.05, 0.1) is 11.7 Å². The second kappa shape index (κ2) is 3.67. The highest BCUT2D eigenvalue weighted by Gasteiger charge is 2.43. The predicted molar refractivity (Wildman–Crippen MR) is 61.2 cm³/mol. The molecule has 1 saturated carbocycles. The number of fused-ring (bicyclic) bond motifs is 2. The molecule has 1 heterocycles. The molecule has 2 rings (SSSR count). The summed E-state index contributed by atoms with van der Waals surface area (Å²) in [6.45, 7) is 6.49. The fraction of sp³-hybridized carbons (Fsp3) is 1.00. The highest BCUT2D eigenvalue weighted by atomic mass is 33.1. The topological polar surface area (TPSA) is 9.23 Å². The maximum absolute atomic E-state index is 6.12. The quantitative estimate of drug-likeness (QED) is 0.624. The van der Waals surface area contributed by atoms with E-state index < -0.39 is 0 Å². The normalized spacial score (nSPS) is 39.5. The van der Waals surface area contributed by atoms with Crippen LogP contribution in [-0.4, -0.2) is 22.2 Å². The molecule has 1 aliphatic heterocycles. The van der Waals surface area contributed by atoms with Gasteiger partial charge in [-0.15, -0.1) is 0 Å². The van der Waals surface area contributed by atoms with Crippen LogP contribution in [0.1, 0.15) is 40.0 Å². The minimum absolute atomic E-state index is 0.0317. The van der Waals surface area contributed by atoms with E-state index in [2.05, 4.69) is 42.4 Å². The van der Waals surface area contributed by atoms with E-state index in [-0.39, 0.29) is 5.60 Å². The lowest BCUT2D eigenvalue weighted by molar-refractivity contribution is -0.0656. The van der Waals surface area contributed by atoms with Crippen LogP contribution >= 0.6 is 21.6 Å². The van der Waals surface area contributed by atoms with Gasteiger partial charge in [0.15, 0.2) is 0 Å². The van der Waals surface area contributed by atoms with Gasteiger partial charge in [0.1, 0.15) is 0 Å². The van der Waals surface area contributed by atoms with Crippen molar-refractivity contribution in [3.8, 4) is 0 Å². The van der Waals surface area contributed by atoms with Gasteiger partial charge in [-0.3, -0.25) is 0 Å². The van der Waals surface area contributed by atoms with Crippen LogP contribution in [0.25, 0.3) is 0 Å². The van der Waals surface area contributed by atoms with Gasteiger partial charge in [-0.25, -0.2) is 0 Å². The van der Waals surface area contributed by atoms with Crippen molar-refractivity contribution in [2.75, 3.05) is 0 Å². The van der Waals surface area contributed by atoms with Gasteiger partial charge in [-0.05, 0) is 33.6 Å². The molecule has 76 valence electrons. The summed E-state index contributed by atoms with van der Waals surface area (Å²) in [5, 5.41) is 1.53. The maximum atomic E-state index is 6.12. The Morgan fingerprint density at radius 1 is 1.08 bits per heavy atom. The van der Waals surface area contributed by atoms with Crippen molar-refractivity contribution in [3.05, 3.63) is 0 Å². The first-order valence-electron chi connectivity index (χ1n) is 5.06. The van der Waals surface area contributed by atoms with E-state index in [1.165, 1.54) is 19.3 Å². The van der Waals surface area contributed by atoms with E-state index >= 15 is 0 Å². The molecule has 13 heavy (non-hydrogen) atoms. The molecule has 0 amide bonds. The Morgan fingerprint density at radius 3 is 2.08 bits per heavy atom. The summed E-state index contributed by atoms with van der Waals surface area (Å²) in [4.78, 5) is 0. The lowest BCUT2D eigenvalue weighted by Crippen LogP contribution is -2.40. The fourth-order valence-electron chi connectivity index (χ4n) is 2.00. The molecule has 0 N–H and O–H groups in total. The molecule has 2 fully saturated rings. The predicted octanol–water partition coefficient (Wildman–Crippen LogP) is 3.49. The van der Waals surface area contributed by atoms with Gasteiger partial charge in [-0.1, -0.05) is 28.0 Å². The highest BCUT2D eigenvalue weighted by Crippen LogP contribution is 2.52. The van der Waals surface area contributed by atoms with E-state index in [1.807, 2.05) is 0 Å². The zero-order chi connectivity index (χ0) is 9.47. The van der Waals surface area contributed by atoms with E-state index in [1.54, 1.807) is 0 Å². The lowest BCUT2D eigenvalue weighted by Gasteiger charge is -2.33. The SMILES string of the molecule is CC(C)(C)OC1C2CCCC1SS2. The zero-order valence-electron chi connectivity index (χ0n) is 8.58. The molecular weight excluding hydrogens is 200 g/mol. The Kier molecular flexibility index (Phi) is 2.87. The largest absolute Gasteiger partial charge is 0.370 e. The molecule has 2 unspecified atom stereocenters. The van der Waals surface area contributed by atoms with E-state index in [0.717, 1.165) is 10.5 Å². The van der Waals surface area contributed by atoms with Crippen molar-refractivity contribution in [2.24, 2.45) is 0 Å². The summed E-state index contributed by atoms with van der Waals surface area (Å²) in [7, 11) is 4.11. The van der Waals surface area contributed by atoms with Gasteiger partial charge >= 0.3 is 0 Å². The van der Waals surface area contributed by atoms with Gasteiger partial charge in [0.25, 0.3) is 0 Å². The molecule has 2 bridgehead atoms. The Hall–Kier alpha value is 0.660. The van der Waals surface area contributed by atoms with E-state index in [9.17, 15) is 0 Å². The Balaban J connectivity index is 1.99. The molecule has 1 saturated heterocycles. The second-order valence-electron chi connectivity index (χ2n) is 4.90. The van der Waals surface area contributed by atoms with Crippen LogP contribution < -0.4 is 0 Å². The van der Waals surface area contributed by atoms with Gasteiger partial charge in [0.2, 0.25) is 0 Å². The number of hydrogen-bond acceptors (Lipinski definition) is 3. The summed E-state index contributed by atoms with van der Waals surface area (Å²) >= 11 is 0. The summed E-state index contributed by atoms with van der Waals surface area (Å²) < 4.78 is 6.12. The van der Waals surface area contributed by atoms with Crippen LogP contribution in [-0.2, 0) is 4.74 Å². The maximum Gasteiger partial charge on any atom is 0.0835 e. The minimum Gasteiger partial charge on any atom is -0.370 e. The molecule has 1 nitrogen and oxygen atoms in total. The summed E-state index contributed by atoms with van der Waals surface area (Å²) in [6.07, 6.45) is 4.63. The van der Waals surface area contributed by atoms with E-state index in [4.69, 9.17) is 4.74 Å². The van der Waals surface area contributed by atoms with Crippen LogP contribution in [0.5, 0.6) is 0 Å². The number of rotatable bonds is 1. The molecular formula is C10H18OS2. The average Bonchev–Trinajstić information content (AvgIpc) is 2.29. The van der Waals surface area contributed by atoms with Crippen molar-refractivity contribution in [2.45, 2.75) is 62.2 Å². The smallest absolute Gasteiger partial charge is 0.0835 e. The zero-order valence-corrected chi connectivity index (χ0v) is 10.2. The first kappa shape index (κ1) is 10.2. The van der Waals surface area contributed by atoms with Crippen molar-refractivity contribution < 1.29 is 4.74 Å². The van der Waals surface area contributed by atoms with Gasteiger partial charge < -0.3 is 4.74 Å². The first-order valence-corrected chi connectivity index (χ1v) is 7.34. The third kappa shape index (κ3) is 2.37. The summed E-state index contributed by atoms with van der Waals surface area (Å²) in [6, 6.07) is 0. The Labute approximate surface area is 88.8 Å². The third-order valence-electron chi connectivity index (χ3n) is 2.50. The van der Waals surface area contributed by atoms with Crippen LogP contribution in [0.3, 0.4) is 0 Å². The molecule has 0 aromatic rings. The van der Waals surface area contributed by atoms with Crippen LogP contribution in [0.2, 0.25) is 0 Å². The van der Waals surface area contributed by atoms with Crippen LogP contribution in [0.4, 0.5) is 0 Å². The summed E-state index contributed by atoms with van der Waals surface area (Å²) in [5.74, 6) is 0. The van der Waals surface area contributed by atoms with E-state index in [0.29, 0.717) is 6.10 Å². The van der Waals surface area contributed by atoms with Crippen molar-refractivity contribution >= 4 is 21.6 Å². The minimum atomic E-state index is 0.0317. The van der Waals surface area contributed by atoms with Crippen LogP contribution in [0.15, 0.2) is 0 Å². The molecule has 3 heteroatoms. The Morgan fingerprint density at radius 2 is 1.62 bits per heavy atom. The molecule has 2 aliphatic rings. The molecule has 0 aromatic carbocycles.